The summed E-state index contributed by atoms with van der Waals surface area (Å²) in [6.07, 6.45) is 4.56. The molecule has 27 heavy (non-hydrogen) atoms. The molecule has 2 aliphatic rings. The van der Waals surface area contributed by atoms with Crippen LogP contribution in [0, 0.1) is 5.41 Å². The molecule has 0 spiro atoms. The summed E-state index contributed by atoms with van der Waals surface area (Å²) in [5, 5.41) is 3.57. The Morgan fingerprint density at radius 2 is 1.81 bits per heavy atom. The Bertz CT molecular complexity index is 584. The number of hydrogen-bond donors (Lipinski definition) is 2. The van der Waals surface area contributed by atoms with Gasteiger partial charge in [0.15, 0.2) is 0 Å². The van der Waals surface area contributed by atoms with Crippen LogP contribution in [0.25, 0.3) is 0 Å². The van der Waals surface area contributed by atoms with E-state index < -0.39 is 0 Å². The summed E-state index contributed by atoms with van der Waals surface area (Å²) in [4.78, 5) is 14.2. The van der Waals surface area contributed by atoms with Crippen LogP contribution in [0.5, 0.6) is 0 Å². The first-order valence-electron chi connectivity index (χ1n) is 9.60. The maximum absolute atomic E-state index is 5.99. The third-order valence-corrected chi connectivity index (χ3v) is 5.21. The van der Waals surface area contributed by atoms with E-state index in [2.05, 4.69) is 49.1 Å². The summed E-state index contributed by atoms with van der Waals surface area (Å²) < 4.78 is 0. The van der Waals surface area contributed by atoms with E-state index >= 15 is 0 Å². The Labute approximate surface area is 176 Å². The number of aromatic nitrogens is 2. The third kappa shape index (κ3) is 6.63. The van der Waals surface area contributed by atoms with Crippen LogP contribution >= 0.6 is 24.8 Å². The van der Waals surface area contributed by atoms with Crippen molar-refractivity contribution in [3.8, 4) is 0 Å². The van der Waals surface area contributed by atoms with Crippen molar-refractivity contribution in [3.63, 3.8) is 0 Å². The summed E-state index contributed by atoms with van der Waals surface area (Å²) in [5.74, 6) is 2.34. The Balaban J connectivity index is 0.00000182. The maximum atomic E-state index is 5.99. The molecule has 1 saturated heterocycles. The standard InChI is InChI=1S/C19H34N6.2ClH/c1-19(2,13-24(3)4)12-21-17-11-16(14-9-15(20)10-14)22-18(23-17)25-7-5-6-8-25;;/h11,14-15H,5-10,12-13,20H2,1-4H3,(H,21,22,23);2*1H. The van der Waals surface area contributed by atoms with Gasteiger partial charge in [0.2, 0.25) is 5.95 Å². The lowest BCUT2D eigenvalue weighted by Crippen LogP contribution is -2.36. The minimum Gasteiger partial charge on any atom is -0.369 e. The molecule has 0 amide bonds. The van der Waals surface area contributed by atoms with Crippen molar-refractivity contribution in [1.82, 2.24) is 14.9 Å². The SMILES string of the molecule is CN(C)CC(C)(C)CNc1cc(C2CC(N)C2)nc(N2CCCC2)n1.Cl.Cl. The number of nitrogens with one attached hydrogen (secondary N) is 1. The average molecular weight is 419 g/mol. The van der Waals surface area contributed by atoms with Crippen LogP contribution in [0.4, 0.5) is 11.8 Å². The van der Waals surface area contributed by atoms with Gasteiger partial charge >= 0.3 is 0 Å². The van der Waals surface area contributed by atoms with Gasteiger partial charge in [0.05, 0.1) is 5.69 Å². The zero-order chi connectivity index (χ0) is 18.0. The van der Waals surface area contributed by atoms with Gasteiger partial charge in [0.1, 0.15) is 5.82 Å². The van der Waals surface area contributed by atoms with E-state index in [1.807, 2.05) is 0 Å². The molecular formula is C19H36Cl2N6. The van der Waals surface area contributed by atoms with E-state index in [0.717, 1.165) is 56.5 Å². The normalized spacial score (nSPS) is 22.1. The average Bonchev–Trinajstić information content (AvgIpc) is 3.03. The van der Waals surface area contributed by atoms with Crippen LogP contribution in [-0.4, -0.2) is 61.2 Å². The van der Waals surface area contributed by atoms with Gasteiger partial charge in [-0.25, -0.2) is 4.98 Å². The predicted molar refractivity (Wildman–Crippen MR) is 119 cm³/mol. The van der Waals surface area contributed by atoms with Crippen LogP contribution in [0.1, 0.15) is 51.1 Å². The van der Waals surface area contributed by atoms with Crippen LogP contribution in [0.2, 0.25) is 0 Å². The topological polar surface area (TPSA) is 70.3 Å². The van der Waals surface area contributed by atoms with Gasteiger partial charge in [-0.05, 0) is 45.2 Å². The minimum atomic E-state index is 0. The molecule has 6 nitrogen and oxygen atoms in total. The monoisotopic (exact) mass is 418 g/mol. The third-order valence-electron chi connectivity index (χ3n) is 5.21. The highest BCUT2D eigenvalue weighted by Gasteiger charge is 2.30. The Kier molecular flexibility index (Phi) is 9.06. The zero-order valence-corrected chi connectivity index (χ0v) is 18.7. The van der Waals surface area contributed by atoms with E-state index in [1.54, 1.807) is 0 Å². The second-order valence-electron chi connectivity index (χ2n) is 8.86. The van der Waals surface area contributed by atoms with Crippen LogP contribution in [-0.2, 0) is 0 Å². The van der Waals surface area contributed by atoms with E-state index in [9.17, 15) is 0 Å². The minimum absolute atomic E-state index is 0. The van der Waals surface area contributed by atoms with Crippen LogP contribution in [0.3, 0.4) is 0 Å². The molecule has 2 fully saturated rings. The number of nitrogens with two attached hydrogens (primary N) is 1. The highest BCUT2D eigenvalue weighted by molar-refractivity contribution is 5.85. The van der Waals surface area contributed by atoms with Gasteiger partial charge in [0.25, 0.3) is 0 Å². The van der Waals surface area contributed by atoms with E-state index in [0.29, 0.717) is 12.0 Å². The number of halogens is 2. The van der Waals surface area contributed by atoms with Gasteiger partial charge in [-0.2, -0.15) is 4.98 Å². The van der Waals surface area contributed by atoms with E-state index in [1.165, 1.54) is 12.8 Å². The van der Waals surface area contributed by atoms with Gasteiger partial charge < -0.3 is 20.9 Å². The van der Waals surface area contributed by atoms with Crippen LogP contribution < -0.4 is 16.0 Å². The van der Waals surface area contributed by atoms with E-state index in [-0.39, 0.29) is 30.2 Å². The lowest BCUT2D eigenvalue weighted by Gasteiger charge is -2.33. The molecule has 0 radical (unpaired) electrons. The van der Waals surface area contributed by atoms with Crippen molar-refractivity contribution in [2.24, 2.45) is 11.1 Å². The molecule has 0 atom stereocenters. The lowest BCUT2D eigenvalue weighted by molar-refractivity contribution is 0.254. The van der Waals surface area contributed by atoms with Gasteiger partial charge in [-0.1, -0.05) is 13.8 Å². The molecule has 156 valence electrons. The molecule has 1 saturated carbocycles. The molecule has 1 aromatic heterocycles. The van der Waals surface area contributed by atoms with Crippen LogP contribution in [0.15, 0.2) is 6.07 Å². The largest absolute Gasteiger partial charge is 0.369 e. The summed E-state index contributed by atoms with van der Waals surface area (Å²) in [5.41, 5.74) is 7.33. The molecule has 1 aliphatic carbocycles. The molecule has 3 N–H and O–H groups in total. The highest BCUT2D eigenvalue weighted by atomic mass is 35.5. The lowest BCUT2D eigenvalue weighted by atomic mass is 9.78. The first kappa shape index (κ1) is 24.2. The molecule has 3 rings (SSSR count). The highest BCUT2D eigenvalue weighted by Crippen LogP contribution is 2.36. The van der Waals surface area contributed by atoms with Crippen molar-refractivity contribution in [1.29, 1.82) is 0 Å². The van der Waals surface area contributed by atoms with Crippen molar-refractivity contribution in [2.75, 3.05) is 50.5 Å². The molecule has 0 unspecified atom stereocenters. The van der Waals surface area contributed by atoms with Crippen molar-refractivity contribution in [2.45, 2.75) is 51.5 Å². The number of rotatable bonds is 7. The van der Waals surface area contributed by atoms with Gasteiger partial charge in [0, 0.05) is 44.2 Å². The first-order chi connectivity index (χ1) is 11.8. The summed E-state index contributed by atoms with van der Waals surface area (Å²) in [7, 11) is 4.24. The molecule has 1 aliphatic heterocycles. The maximum Gasteiger partial charge on any atom is 0.227 e. The Morgan fingerprint density at radius 3 is 2.37 bits per heavy atom. The van der Waals surface area contributed by atoms with Crippen molar-refractivity contribution >= 4 is 36.6 Å². The molecule has 8 heteroatoms. The fourth-order valence-electron chi connectivity index (χ4n) is 3.96. The predicted octanol–water partition coefficient (Wildman–Crippen LogP) is 3.12. The summed E-state index contributed by atoms with van der Waals surface area (Å²) in [6.45, 7) is 8.64. The molecule has 1 aromatic rings. The zero-order valence-electron chi connectivity index (χ0n) is 17.1. The van der Waals surface area contributed by atoms with Crippen molar-refractivity contribution < 1.29 is 0 Å². The first-order valence-corrected chi connectivity index (χ1v) is 9.60. The second-order valence-corrected chi connectivity index (χ2v) is 8.86. The quantitative estimate of drug-likeness (QED) is 0.708. The summed E-state index contributed by atoms with van der Waals surface area (Å²) in [6, 6.07) is 2.48. The van der Waals surface area contributed by atoms with Crippen molar-refractivity contribution in [3.05, 3.63) is 11.8 Å². The van der Waals surface area contributed by atoms with E-state index in [4.69, 9.17) is 15.7 Å². The number of anilines is 2. The Morgan fingerprint density at radius 1 is 1.19 bits per heavy atom. The van der Waals surface area contributed by atoms with Gasteiger partial charge in [-0.15, -0.1) is 24.8 Å². The van der Waals surface area contributed by atoms with Gasteiger partial charge in [-0.3, -0.25) is 0 Å². The molecule has 2 heterocycles. The Hall–Kier alpha value is -0.820. The second kappa shape index (κ2) is 10.1. The fourth-order valence-corrected chi connectivity index (χ4v) is 3.96. The smallest absolute Gasteiger partial charge is 0.227 e. The fraction of sp³-hybridized carbons (Fsp3) is 0.789. The number of hydrogen-bond acceptors (Lipinski definition) is 6. The number of nitrogens with zero attached hydrogens (tertiary/aromatic N) is 4. The molecule has 0 bridgehead atoms. The summed E-state index contributed by atoms with van der Waals surface area (Å²) >= 11 is 0. The molecule has 0 aromatic carbocycles. The molecular weight excluding hydrogens is 383 g/mol.